The van der Waals surface area contributed by atoms with E-state index in [1.54, 1.807) is 20.8 Å². The van der Waals surface area contributed by atoms with Crippen LogP contribution in [0.4, 0.5) is 4.79 Å². The van der Waals surface area contributed by atoms with Crippen LogP contribution in [-0.2, 0) is 27.3 Å². The van der Waals surface area contributed by atoms with E-state index in [2.05, 4.69) is 34.1 Å². The number of para-hydroxylation sites is 2. The fourth-order valence-electron chi connectivity index (χ4n) is 4.03. The van der Waals surface area contributed by atoms with Gasteiger partial charge in [0.15, 0.2) is 0 Å². The normalized spacial score (nSPS) is 12.2. The number of esters is 1. The number of nitrogens with one attached hydrogen (secondary N) is 1. The standard InChI is InChI=1S/C30H33N3O4/c1-21-14-16-23(17-15-21)33-26-13-9-8-12-24(26)31-27(33)19-18-25(32-29(35)37-30(2,3)4)28(34)36-20-22-10-6-5-7-11-22/h5-17,25H,18-20H2,1-4H3,(H,32,35)/t25-/m1/s1. The molecule has 1 amide bonds. The van der Waals surface area contributed by atoms with Gasteiger partial charge in [-0.1, -0.05) is 60.2 Å². The molecule has 0 aliphatic heterocycles. The maximum absolute atomic E-state index is 13.1. The molecule has 4 aromatic rings. The molecule has 4 rings (SSSR count). The van der Waals surface area contributed by atoms with Crippen LogP contribution in [0.3, 0.4) is 0 Å². The Bertz CT molecular complexity index is 1360. The van der Waals surface area contributed by atoms with E-state index >= 15 is 0 Å². The smallest absolute Gasteiger partial charge is 0.408 e. The number of aryl methyl sites for hydroxylation is 2. The minimum absolute atomic E-state index is 0.119. The van der Waals surface area contributed by atoms with Gasteiger partial charge in [0.1, 0.15) is 24.1 Å². The number of alkyl carbamates (subject to hydrolysis) is 1. The van der Waals surface area contributed by atoms with Crippen LogP contribution in [0.25, 0.3) is 16.7 Å². The number of carbonyl (C=O) groups is 2. The largest absolute Gasteiger partial charge is 0.459 e. The monoisotopic (exact) mass is 499 g/mol. The molecule has 0 aliphatic carbocycles. The lowest BCUT2D eigenvalue weighted by atomic mass is 10.1. The van der Waals surface area contributed by atoms with E-state index in [0.717, 1.165) is 33.7 Å². The zero-order chi connectivity index (χ0) is 26.4. The highest BCUT2D eigenvalue weighted by Gasteiger charge is 2.26. The number of imidazole rings is 1. The summed E-state index contributed by atoms with van der Waals surface area (Å²) in [6.07, 6.45) is 0.0621. The molecule has 1 aromatic heterocycles. The second kappa shape index (κ2) is 11.3. The summed E-state index contributed by atoms with van der Waals surface area (Å²) in [5.41, 5.74) is 4.16. The molecule has 0 saturated carbocycles. The van der Waals surface area contributed by atoms with Crippen molar-refractivity contribution in [1.82, 2.24) is 14.9 Å². The van der Waals surface area contributed by atoms with E-state index in [1.807, 2.05) is 61.5 Å². The quantitative estimate of drug-likeness (QED) is 0.305. The molecular formula is C30H33N3O4. The third-order valence-corrected chi connectivity index (χ3v) is 5.78. The van der Waals surface area contributed by atoms with Crippen molar-refractivity contribution in [2.75, 3.05) is 0 Å². The molecule has 37 heavy (non-hydrogen) atoms. The van der Waals surface area contributed by atoms with E-state index in [4.69, 9.17) is 14.5 Å². The summed E-state index contributed by atoms with van der Waals surface area (Å²) in [6.45, 7) is 7.50. The maximum Gasteiger partial charge on any atom is 0.408 e. The number of hydrogen-bond acceptors (Lipinski definition) is 5. The molecule has 192 valence electrons. The molecule has 0 radical (unpaired) electrons. The molecular weight excluding hydrogens is 466 g/mol. The summed E-state index contributed by atoms with van der Waals surface area (Å²) in [6, 6.07) is 24.7. The summed E-state index contributed by atoms with van der Waals surface area (Å²) >= 11 is 0. The van der Waals surface area contributed by atoms with Crippen molar-refractivity contribution in [1.29, 1.82) is 0 Å². The van der Waals surface area contributed by atoms with Gasteiger partial charge in [0.2, 0.25) is 0 Å². The van der Waals surface area contributed by atoms with Crippen molar-refractivity contribution in [3.63, 3.8) is 0 Å². The number of fused-ring (bicyclic) bond motifs is 1. The first-order chi connectivity index (χ1) is 17.7. The van der Waals surface area contributed by atoms with Gasteiger partial charge in [-0.3, -0.25) is 4.57 Å². The van der Waals surface area contributed by atoms with Crippen molar-refractivity contribution < 1.29 is 19.1 Å². The van der Waals surface area contributed by atoms with E-state index < -0.39 is 23.7 Å². The molecule has 0 aliphatic rings. The van der Waals surface area contributed by atoms with Gasteiger partial charge in [-0.05, 0) is 63.9 Å². The number of benzene rings is 3. The molecule has 0 saturated heterocycles. The summed E-state index contributed by atoms with van der Waals surface area (Å²) in [4.78, 5) is 30.5. The van der Waals surface area contributed by atoms with E-state index in [-0.39, 0.29) is 6.61 Å². The number of carbonyl (C=O) groups excluding carboxylic acids is 2. The average Bonchev–Trinajstić information content (AvgIpc) is 3.23. The Morgan fingerprint density at radius 2 is 1.62 bits per heavy atom. The van der Waals surface area contributed by atoms with Gasteiger partial charge < -0.3 is 14.8 Å². The summed E-state index contributed by atoms with van der Waals surface area (Å²) < 4.78 is 13.1. The lowest BCUT2D eigenvalue weighted by molar-refractivity contribution is -0.147. The molecule has 0 spiro atoms. The number of aromatic nitrogens is 2. The van der Waals surface area contributed by atoms with Crippen LogP contribution < -0.4 is 5.32 Å². The van der Waals surface area contributed by atoms with Crippen molar-refractivity contribution in [2.24, 2.45) is 0 Å². The molecule has 7 nitrogen and oxygen atoms in total. The van der Waals surface area contributed by atoms with Crippen molar-refractivity contribution in [3.05, 3.63) is 95.8 Å². The highest BCUT2D eigenvalue weighted by Crippen LogP contribution is 2.23. The zero-order valence-electron chi connectivity index (χ0n) is 21.7. The van der Waals surface area contributed by atoms with Gasteiger partial charge in [0.25, 0.3) is 0 Å². The Balaban J connectivity index is 1.57. The van der Waals surface area contributed by atoms with Gasteiger partial charge in [-0.2, -0.15) is 0 Å². The highest BCUT2D eigenvalue weighted by molar-refractivity contribution is 5.81. The first kappa shape index (κ1) is 25.9. The van der Waals surface area contributed by atoms with Gasteiger partial charge in [0, 0.05) is 12.1 Å². The van der Waals surface area contributed by atoms with Crippen LogP contribution in [0.5, 0.6) is 0 Å². The number of ether oxygens (including phenoxy) is 2. The van der Waals surface area contributed by atoms with Crippen molar-refractivity contribution in [2.45, 2.75) is 58.8 Å². The van der Waals surface area contributed by atoms with Gasteiger partial charge in [0.05, 0.1) is 11.0 Å². The Morgan fingerprint density at radius 1 is 0.946 bits per heavy atom. The van der Waals surface area contributed by atoms with E-state index in [9.17, 15) is 9.59 Å². The first-order valence-corrected chi connectivity index (χ1v) is 12.4. The number of nitrogens with zero attached hydrogens (tertiary/aromatic N) is 2. The van der Waals surface area contributed by atoms with Gasteiger partial charge in [-0.25, -0.2) is 14.6 Å². The Hall–Kier alpha value is -4.13. The number of amides is 1. The lowest BCUT2D eigenvalue weighted by Crippen LogP contribution is -2.44. The van der Waals surface area contributed by atoms with Crippen molar-refractivity contribution in [3.8, 4) is 5.69 Å². The predicted molar refractivity (Wildman–Crippen MR) is 144 cm³/mol. The predicted octanol–water partition coefficient (Wildman–Crippen LogP) is 5.90. The molecule has 0 bridgehead atoms. The fraction of sp³-hybridized carbons (Fsp3) is 0.300. The Labute approximate surface area is 217 Å². The van der Waals surface area contributed by atoms with E-state index in [0.29, 0.717) is 12.8 Å². The van der Waals surface area contributed by atoms with Crippen LogP contribution in [0, 0.1) is 6.92 Å². The molecule has 0 fully saturated rings. The van der Waals surface area contributed by atoms with Gasteiger partial charge >= 0.3 is 12.1 Å². The first-order valence-electron chi connectivity index (χ1n) is 12.4. The maximum atomic E-state index is 13.1. The van der Waals surface area contributed by atoms with Crippen LogP contribution in [0.2, 0.25) is 0 Å². The summed E-state index contributed by atoms with van der Waals surface area (Å²) in [5.74, 6) is 0.268. The zero-order valence-corrected chi connectivity index (χ0v) is 21.7. The van der Waals surface area contributed by atoms with E-state index in [1.165, 1.54) is 0 Å². The molecule has 0 unspecified atom stereocenters. The minimum atomic E-state index is -0.898. The van der Waals surface area contributed by atoms with Crippen LogP contribution in [0.1, 0.15) is 44.1 Å². The van der Waals surface area contributed by atoms with Crippen LogP contribution >= 0.6 is 0 Å². The Morgan fingerprint density at radius 3 is 2.32 bits per heavy atom. The van der Waals surface area contributed by atoms with Gasteiger partial charge in [-0.15, -0.1) is 0 Å². The highest BCUT2D eigenvalue weighted by atomic mass is 16.6. The molecule has 1 N–H and O–H groups in total. The second-order valence-electron chi connectivity index (χ2n) is 10.0. The summed E-state index contributed by atoms with van der Waals surface area (Å²) in [7, 11) is 0. The third-order valence-electron chi connectivity index (χ3n) is 5.78. The topological polar surface area (TPSA) is 82.5 Å². The van der Waals surface area contributed by atoms with Crippen LogP contribution in [-0.4, -0.2) is 33.3 Å². The fourth-order valence-corrected chi connectivity index (χ4v) is 4.03. The summed E-state index contributed by atoms with van der Waals surface area (Å²) in [5, 5.41) is 2.71. The van der Waals surface area contributed by atoms with Crippen LogP contribution in [0.15, 0.2) is 78.9 Å². The number of rotatable bonds is 8. The SMILES string of the molecule is Cc1ccc(-n2c(CC[C@@H](NC(=O)OC(C)(C)C)C(=O)OCc3ccccc3)nc3ccccc32)cc1. The molecule has 7 heteroatoms. The average molecular weight is 500 g/mol. The number of hydrogen-bond donors (Lipinski definition) is 1. The minimum Gasteiger partial charge on any atom is -0.459 e. The third kappa shape index (κ3) is 6.97. The Kier molecular flexibility index (Phi) is 7.92. The second-order valence-corrected chi connectivity index (χ2v) is 10.0. The lowest BCUT2D eigenvalue weighted by Gasteiger charge is -2.23. The van der Waals surface area contributed by atoms with Crippen molar-refractivity contribution >= 4 is 23.1 Å². The molecule has 1 atom stereocenters. The molecule has 1 heterocycles. The molecule has 3 aromatic carbocycles.